The van der Waals surface area contributed by atoms with Crippen molar-refractivity contribution in [3.8, 4) is 0 Å². The highest BCUT2D eigenvalue weighted by Gasteiger charge is 2.37. The van der Waals surface area contributed by atoms with Crippen molar-refractivity contribution in [2.75, 3.05) is 32.6 Å². The van der Waals surface area contributed by atoms with Gasteiger partial charge in [0, 0.05) is 51.6 Å². The second-order valence-electron chi connectivity index (χ2n) is 6.86. The second-order valence-corrected chi connectivity index (χ2v) is 8.75. The number of sulfonamides is 1. The summed E-state index contributed by atoms with van der Waals surface area (Å²) < 4.78 is 33.4. The van der Waals surface area contributed by atoms with Crippen LogP contribution in [0.4, 0.5) is 0 Å². The summed E-state index contributed by atoms with van der Waals surface area (Å²) >= 11 is 0. The molecular weight excluding hydrogens is 344 g/mol. The zero-order valence-electron chi connectivity index (χ0n) is 14.8. The highest BCUT2D eigenvalue weighted by atomic mass is 32.2. The number of carbonyl (C=O) groups is 1. The van der Waals surface area contributed by atoms with Gasteiger partial charge in [0.1, 0.15) is 0 Å². The van der Waals surface area contributed by atoms with E-state index in [9.17, 15) is 13.2 Å². The number of piperidine rings is 1. The molecule has 8 nitrogen and oxygen atoms in total. The van der Waals surface area contributed by atoms with E-state index in [0.717, 1.165) is 12.8 Å². The Balaban J connectivity index is 1.65. The fourth-order valence-electron chi connectivity index (χ4n) is 3.82. The summed E-state index contributed by atoms with van der Waals surface area (Å²) in [7, 11) is -1.51. The first-order valence-electron chi connectivity index (χ1n) is 8.70. The summed E-state index contributed by atoms with van der Waals surface area (Å²) in [4.78, 5) is 14.3. The molecule has 0 saturated carbocycles. The van der Waals surface area contributed by atoms with Crippen LogP contribution in [0.25, 0.3) is 0 Å². The Bertz CT molecular complexity index is 703. The lowest BCUT2D eigenvalue weighted by molar-refractivity contribution is 0.0378. The SMILES string of the molecule is Cn1cc(C(=O)N2CCC(N(C3CCOCC3)S(C)(=O)=O)CC2)cn1. The van der Waals surface area contributed by atoms with E-state index >= 15 is 0 Å². The van der Waals surface area contributed by atoms with E-state index < -0.39 is 10.0 Å². The van der Waals surface area contributed by atoms with Crippen LogP contribution >= 0.6 is 0 Å². The molecule has 25 heavy (non-hydrogen) atoms. The molecule has 2 fully saturated rings. The number of likely N-dealkylation sites (tertiary alicyclic amines) is 1. The third-order valence-electron chi connectivity index (χ3n) is 5.00. The summed E-state index contributed by atoms with van der Waals surface area (Å²) in [5.41, 5.74) is 0.574. The summed E-state index contributed by atoms with van der Waals surface area (Å²) in [6, 6.07) is -0.0367. The Morgan fingerprint density at radius 2 is 1.80 bits per heavy atom. The van der Waals surface area contributed by atoms with E-state index in [2.05, 4.69) is 5.10 Å². The number of nitrogens with zero attached hydrogens (tertiary/aromatic N) is 4. The van der Waals surface area contributed by atoms with Crippen LogP contribution in [0.2, 0.25) is 0 Å². The minimum absolute atomic E-state index is 0.00863. The largest absolute Gasteiger partial charge is 0.381 e. The summed E-state index contributed by atoms with van der Waals surface area (Å²) in [6.45, 7) is 2.34. The van der Waals surface area contributed by atoms with E-state index in [1.807, 2.05) is 0 Å². The third-order valence-corrected chi connectivity index (χ3v) is 6.36. The van der Waals surface area contributed by atoms with Gasteiger partial charge in [0.05, 0.1) is 18.0 Å². The molecule has 9 heteroatoms. The van der Waals surface area contributed by atoms with E-state index in [1.54, 1.807) is 33.3 Å². The Labute approximate surface area is 148 Å². The van der Waals surface area contributed by atoms with Gasteiger partial charge in [-0.15, -0.1) is 0 Å². The van der Waals surface area contributed by atoms with Gasteiger partial charge >= 0.3 is 0 Å². The van der Waals surface area contributed by atoms with Gasteiger partial charge in [-0.3, -0.25) is 9.48 Å². The lowest BCUT2D eigenvalue weighted by Gasteiger charge is -2.41. The Morgan fingerprint density at radius 3 is 2.32 bits per heavy atom. The molecule has 0 unspecified atom stereocenters. The fraction of sp³-hybridized carbons (Fsp3) is 0.750. The highest BCUT2D eigenvalue weighted by molar-refractivity contribution is 7.88. The number of rotatable bonds is 4. The van der Waals surface area contributed by atoms with Crippen LogP contribution in [0.5, 0.6) is 0 Å². The average molecular weight is 370 g/mol. The number of aryl methyl sites for hydroxylation is 1. The lowest BCUT2D eigenvalue weighted by atomic mass is 10.0. The molecule has 3 heterocycles. The van der Waals surface area contributed by atoms with Crippen molar-refractivity contribution < 1.29 is 17.9 Å². The van der Waals surface area contributed by atoms with Gasteiger partial charge in [-0.25, -0.2) is 8.42 Å². The Hall–Kier alpha value is -1.45. The number of ether oxygens (including phenoxy) is 1. The first kappa shape index (κ1) is 18.3. The maximum absolute atomic E-state index is 12.5. The molecule has 1 amide bonds. The van der Waals surface area contributed by atoms with Crippen molar-refractivity contribution in [3.05, 3.63) is 18.0 Å². The lowest BCUT2D eigenvalue weighted by Crippen LogP contribution is -2.53. The molecule has 0 atom stereocenters. The molecule has 0 bridgehead atoms. The number of hydrogen-bond acceptors (Lipinski definition) is 5. The van der Waals surface area contributed by atoms with Crippen molar-refractivity contribution in [1.29, 1.82) is 0 Å². The molecule has 140 valence electrons. The molecule has 0 N–H and O–H groups in total. The molecule has 2 aliphatic rings. The molecule has 0 spiro atoms. The second kappa shape index (κ2) is 7.43. The van der Waals surface area contributed by atoms with Gasteiger partial charge in [0.15, 0.2) is 0 Å². The van der Waals surface area contributed by atoms with Gasteiger partial charge in [0.2, 0.25) is 10.0 Å². The molecule has 2 saturated heterocycles. The van der Waals surface area contributed by atoms with Gasteiger partial charge in [-0.1, -0.05) is 0 Å². The molecule has 0 aromatic carbocycles. The minimum Gasteiger partial charge on any atom is -0.381 e. The van der Waals surface area contributed by atoms with Gasteiger partial charge in [-0.05, 0) is 25.7 Å². The predicted octanol–water partition coefficient (Wildman–Crippen LogP) is 0.465. The molecular formula is C16H26N4O4S. The van der Waals surface area contributed by atoms with Crippen LogP contribution in [-0.2, 0) is 21.8 Å². The number of amides is 1. The van der Waals surface area contributed by atoms with E-state index in [0.29, 0.717) is 44.7 Å². The van der Waals surface area contributed by atoms with Crippen molar-refractivity contribution in [3.63, 3.8) is 0 Å². The van der Waals surface area contributed by atoms with Crippen LogP contribution in [0, 0.1) is 0 Å². The molecule has 1 aromatic rings. The quantitative estimate of drug-likeness (QED) is 0.769. The normalized spacial score (nSPS) is 21.0. The predicted molar refractivity (Wildman–Crippen MR) is 92.7 cm³/mol. The first-order chi connectivity index (χ1) is 11.9. The van der Waals surface area contributed by atoms with Gasteiger partial charge in [0.25, 0.3) is 5.91 Å². The van der Waals surface area contributed by atoms with Gasteiger partial charge in [-0.2, -0.15) is 9.40 Å². The van der Waals surface area contributed by atoms with Crippen molar-refractivity contribution in [2.45, 2.75) is 37.8 Å². The van der Waals surface area contributed by atoms with Crippen LogP contribution < -0.4 is 0 Å². The van der Waals surface area contributed by atoms with Crippen LogP contribution in [0.3, 0.4) is 0 Å². The van der Waals surface area contributed by atoms with Crippen LogP contribution in [0.1, 0.15) is 36.0 Å². The maximum Gasteiger partial charge on any atom is 0.257 e. The van der Waals surface area contributed by atoms with Crippen molar-refractivity contribution in [1.82, 2.24) is 19.0 Å². The first-order valence-corrected chi connectivity index (χ1v) is 10.6. The summed E-state index contributed by atoms with van der Waals surface area (Å²) in [6.07, 6.45) is 7.37. The molecule has 3 rings (SSSR count). The van der Waals surface area contributed by atoms with Gasteiger partial charge < -0.3 is 9.64 Å². The molecule has 0 aliphatic carbocycles. The summed E-state index contributed by atoms with van der Waals surface area (Å²) in [5.74, 6) is -0.0384. The minimum atomic E-state index is -3.29. The standard InChI is InChI=1S/C16H26N4O4S/c1-18-12-13(11-17-18)16(21)19-7-3-14(4-8-19)20(25(2,22)23)15-5-9-24-10-6-15/h11-12,14-15H,3-10H2,1-2H3. The zero-order chi connectivity index (χ0) is 18.0. The average Bonchev–Trinajstić information content (AvgIpc) is 3.01. The number of aromatic nitrogens is 2. The smallest absolute Gasteiger partial charge is 0.257 e. The Kier molecular flexibility index (Phi) is 5.45. The van der Waals surface area contributed by atoms with Crippen LogP contribution in [0.15, 0.2) is 12.4 Å². The van der Waals surface area contributed by atoms with Crippen molar-refractivity contribution >= 4 is 15.9 Å². The Morgan fingerprint density at radius 1 is 1.20 bits per heavy atom. The number of carbonyl (C=O) groups excluding carboxylic acids is 1. The summed E-state index contributed by atoms with van der Waals surface area (Å²) in [5, 5.41) is 4.04. The molecule has 1 aromatic heterocycles. The van der Waals surface area contributed by atoms with Crippen LogP contribution in [-0.4, -0.2) is 78.0 Å². The molecule has 2 aliphatic heterocycles. The molecule has 0 radical (unpaired) electrons. The maximum atomic E-state index is 12.5. The third kappa shape index (κ3) is 4.21. The number of hydrogen-bond donors (Lipinski definition) is 0. The highest BCUT2D eigenvalue weighted by Crippen LogP contribution is 2.26. The van der Waals surface area contributed by atoms with E-state index in [4.69, 9.17) is 4.74 Å². The van der Waals surface area contributed by atoms with Crippen molar-refractivity contribution in [2.24, 2.45) is 7.05 Å². The topological polar surface area (TPSA) is 84.7 Å². The van der Waals surface area contributed by atoms with E-state index in [-0.39, 0.29) is 18.0 Å². The fourth-order valence-corrected chi connectivity index (χ4v) is 5.32. The van der Waals surface area contributed by atoms with E-state index in [1.165, 1.54) is 6.26 Å². The monoisotopic (exact) mass is 370 g/mol. The zero-order valence-corrected chi connectivity index (χ0v) is 15.6.